The maximum atomic E-state index is 3.31. The number of allylic oxidation sites excluding steroid dienone is 2. The molecule has 0 unspecified atom stereocenters. The fourth-order valence-electron chi connectivity index (χ4n) is 1.16. The van der Waals surface area contributed by atoms with Gasteiger partial charge in [-0.3, -0.25) is 0 Å². The lowest BCUT2D eigenvalue weighted by Crippen LogP contribution is -2.43. The van der Waals surface area contributed by atoms with Crippen molar-refractivity contribution in [1.29, 1.82) is 0 Å². The summed E-state index contributed by atoms with van der Waals surface area (Å²) in [4.78, 5) is 0. The van der Waals surface area contributed by atoms with E-state index in [0.717, 1.165) is 0 Å². The van der Waals surface area contributed by atoms with Gasteiger partial charge < -0.3 is 10.6 Å². The predicted molar refractivity (Wildman–Crippen MR) is 38.7 cm³/mol. The Balaban J connectivity index is 2.70. The molecule has 2 heteroatoms. The molecule has 1 rings (SSSR count). The van der Waals surface area contributed by atoms with Gasteiger partial charge in [-0.05, 0) is 27.7 Å². The average Bonchev–Trinajstić information content (AvgIpc) is 1.79. The SMILES string of the molecule is CC1=C(C)NC(C)(C)N1. The molecule has 2 N–H and O–H groups in total. The Hall–Kier alpha value is -0.660. The maximum absolute atomic E-state index is 3.31. The van der Waals surface area contributed by atoms with E-state index < -0.39 is 0 Å². The van der Waals surface area contributed by atoms with Crippen LogP contribution < -0.4 is 10.6 Å². The Kier molecular flexibility index (Phi) is 1.19. The van der Waals surface area contributed by atoms with E-state index in [2.05, 4.69) is 38.3 Å². The Morgan fingerprint density at radius 2 is 1.33 bits per heavy atom. The van der Waals surface area contributed by atoms with Gasteiger partial charge in [0.15, 0.2) is 0 Å². The van der Waals surface area contributed by atoms with E-state index in [0.29, 0.717) is 0 Å². The zero-order valence-corrected chi connectivity index (χ0v) is 6.50. The van der Waals surface area contributed by atoms with Gasteiger partial charge in [-0.15, -0.1) is 0 Å². The van der Waals surface area contributed by atoms with Crippen LogP contribution in [0.25, 0.3) is 0 Å². The minimum Gasteiger partial charge on any atom is -0.366 e. The normalized spacial score (nSPS) is 23.6. The molecule has 0 radical (unpaired) electrons. The molecule has 1 aliphatic heterocycles. The molecule has 1 heterocycles. The molecule has 0 aromatic carbocycles. The lowest BCUT2D eigenvalue weighted by atomic mass is 10.3. The zero-order chi connectivity index (χ0) is 7.07. The van der Waals surface area contributed by atoms with Crippen molar-refractivity contribution >= 4 is 0 Å². The zero-order valence-electron chi connectivity index (χ0n) is 6.50. The standard InChI is InChI=1S/C7H14N2/c1-5-6(2)9-7(3,4)8-5/h8-9H,1-4H3. The summed E-state index contributed by atoms with van der Waals surface area (Å²) >= 11 is 0. The molecular weight excluding hydrogens is 112 g/mol. The smallest absolute Gasteiger partial charge is 0.101 e. The second-order valence-corrected chi connectivity index (χ2v) is 3.12. The van der Waals surface area contributed by atoms with Crippen molar-refractivity contribution in [3.8, 4) is 0 Å². The van der Waals surface area contributed by atoms with Crippen molar-refractivity contribution < 1.29 is 0 Å². The highest BCUT2D eigenvalue weighted by Gasteiger charge is 2.23. The minimum absolute atomic E-state index is 0.0637. The van der Waals surface area contributed by atoms with Crippen LogP contribution in [-0.2, 0) is 0 Å². The second-order valence-electron chi connectivity index (χ2n) is 3.12. The highest BCUT2D eigenvalue weighted by atomic mass is 15.2. The molecule has 0 saturated heterocycles. The monoisotopic (exact) mass is 126 g/mol. The van der Waals surface area contributed by atoms with Crippen LogP contribution in [0, 0.1) is 0 Å². The van der Waals surface area contributed by atoms with E-state index in [1.165, 1.54) is 11.4 Å². The molecule has 9 heavy (non-hydrogen) atoms. The van der Waals surface area contributed by atoms with Crippen LogP contribution in [0.2, 0.25) is 0 Å². The molecule has 1 aliphatic rings. The summed E-state index contributed by atoms with van der Waals surface area (Å²) in [5, 5.41) is 6.62. The second kappa shape index (κ2) is 1.66. The number of nitrogens with one attached hydrogen (secondary N) is 2. The number of hydrogen-bond acceptors (Lipinski definition) is 2. The van der Waals surface area contributed by atoms with Crippen molar-refractivity contribution in [2.75, 3.05) is 0 Å². The lowest BCUT2D eigenvalue weighted by molar-refractivity contribution is 0.411. The molecule has 0 atom stereocenters. The summed E-state index contributed by atoms with van der Waals surface area (Å²) in [5.41, 5.74) is 2.56. The number of hydrogen-bond donors (Lipinski definition) is 2. The van der Waals surface area contributed by atoms with Gasteiger partial charge in [0.1, 0.15) is 5.66 Å². The summed E-state index contributed by atoms with van der Waals surface area (Å²) < 4.78 is 0. The van der Waals surface area contributed by atoms with Gasteiger partial charge in [0.2, 0.25) is 0 Å². The van der Waals surface area contributed by atoms with Gasteiger partial charge in [-0.2, -0.15) is 0 Å². The fourth-order valence-corrected chi connectivity index (χ4v) is 1.16. The van der Waals surface area contributed by atoms with E-state index in [1.807, 2.05) is 0 Å². The summed E-state index contributed by atoms with van der Waals surface area (Å²) in [6.45, 7) is 8.40. The molecule has 0 aromatic rings. The van der Waals surface area contributed by atoms with Crippen LogP contribution in [0.4, 0.5) is 0 Å². The Bertz CT molecular complexity index is 140. The maximum Gasteiger partial charge on any atom is 0.101 e. The molecular formula is C7H14N2. The van der Waals surface area contributed by atoms with E-state index in [4.69, 9.17) is 0 Å². The van der Waals surface area contributed by atoms with E-state index >= 15 is 0 Å². The third kappa shape index (κ3) is 1.18. The van der Waals surface area contributed by atoms with Crippen LogP contribution >= 0.6 is 0 Å². The minimum atomic E-state index is 0.0637. The lowest BCUT2D eigenvalue weighted by Gasteiger charge is -2.20. The molecule has 2 nitrogen and oxygen atoms in total. The van der Waals surface area contributed by atoms with Gasteiger partial charge in [0.05, 0.1) is 0 Å². The number of rotatable bonds is 0. The summed E-state index contributed by atoms with van der Waals surface area (Å²) in [6.07, 6.45) is 0. The highest BCUT2D eigenvalue weighted by Crippen LogP contribution is 2.13. The fraction of sp³-hybridized carbons (Fsp3) is 0.714. The molecule has 0 saturated carbocycles. The topological polar surface area (TPSA) is 24.1 Å². The predicted octanol–water partition coefficient (Wildman–Crippen LogP) is 1.17. The molecule has 0 aromatic heterocycles. The van der Waals surface area contributed by atoms with E-state index in [9.17, 15) is 0 Å². The van der Waals surface area contributed by atoms with Crippen LogP contribution in [0.1, 0.15) is 27.7 Å². The van der Waals surface area contributed by atoms with Crippen molar-refractivity contribution in [2.24, 2.45) is 0 Å². The van der Waals surface area contributed by atoms with E-state index in [1.54, 1.807) is 0 Å². The Labute approximate surface area is 56.3 Å². The Morgan fingerprint density at radius 1 is 1.00 bits per heavy atom. The quantitative estimate of drug-likeness (QED) is 0.509. The summed E-state index contributed by atoms with van der Waals surface area (Å²) in [7, 11) is 0. The first-order valence-corrected chi connectivity index (χ1v) is 3.25. The van der Waals surface area contributed by atoms with Gasteiger partial charge in [0, 0.05) is 11.4 Å². The van der Waals surface area contributed by atoms with Crippen LogP contribution in [0.15, 0.2) is 11.4 Å². The average molecular weight is 126 g/mol. The summed E-state index contributed by atoms with van der Waals surface area (Å²) in [6, 6.07) is 0. The first-order chi connectivity index (χ1) is 4.01. The molecule has 0 amide bonds. The first kappa shape index (κ1) is 6.46. The van der Waals surface area contributed by atoms with Gasteiger partial charge >= 0.3 is 0 Å². The molecule has 0 bridgehead atoms. The Morgan fingerprint density at radius 3 is 1.44 bits per heavy atom. The van der Waals surface area contributed by atoms with Gasteiger partial charge in [-0.1, -0.05) is 0 Å². The van der Waals surface area contributed by atoms with Crippen molar-refractivity contribution in [2.45, 2.75) is 33.4 Å². The third-order valence-electron chi connectivity index (χ3n) is 1.56. The van der Waals surface area contributed by atoms with Crippen LogP contribution in [-0.4, -0.2) is 5.66 Å². The van der Waals surface area contributed by atoms with E-state index in [-0.39, 0.29) is 5.66 Å². The molecule has 0 aliphatic carbocycles. The largest absolute Gasteiger partial charge is 0.366 e. The van der Waals surface area contributed by atoms with Crippen molar-refractivity contribution in [3.63, 3.8) is 0 Å². The first-order valence-electron chi connectivity index (χ1n) is 3.25. The molecule has 52 valence electrons. The van der Waals surface area contributed by atoms with Crippen LogP contribution in [0.5, 0.6) is 0 Å². The molecule has 0 fully saturated rings. The van der Waals surface area contributed by atoms with Gasteiger partial charge in [0.25, 0.3) is 0 Å². The third-order valence-corrected chi connectivity index (χ3v) is 1.56. The van der Waals surface area contributed by atoms with Gasteiger partial charge in [-0.25, -0.2) is 0 Å². The van der Waals surface area contributed by atoms with Crippen molar-refractivity contribution in [3.05, 3.63) is 11.4 Å². The van der Waals surface area contributed by atoms with Crippen molar-refractivity contribution in [1.82, 2.24) is 10.6 Å². The highest BCUT2D eigenvalue weighted by molar-refractivity contribution is 5.16. The molecule has 0 spiro atoms. The summed E-state index contributed by atoms with van der Waals surface area (Å²) in [5.74, 6) is 0. The van der Waals surface area contributed by atoms with Crippen LogP contribution in [0.3, 0.4) is 0 Å².